The highest BCUT2D eigenvalue weighted by molar-refractivity contribution is 9.10. The molecule has 0 aromatic heterocycles. The highest BCUT2D eigenvalue weighted by atomic mass is 79.9. The molecule has 0 fully saturated rings. The van der Waals surface area contributed by atoms with Crippen LogP contribution in [0.5, 0.6) is 0 Å². The number of benzene rings is 2. The monoisotopic (exact) mass is 366 g/mol. The molecule has 1 N–H and O–H groups in total. The standard InChI is InChI=1S/C15H12BrClN2O2/c16-12-3-1-2-11-10(12)5-6-13(11)18-14-8-9(17)4-7-15(14)19(20)21/h1-4,7-8,13,18H,5-6H2. The summed E-state index contributed by atoms with van der Waals surface area (Å²) in [7, 11) is 0. The lowest BCUT2D eigenvalue weighted by atomic mass is 10.1. The fourth-order valence-electron chi connectivity index (χ4n) is 2.73. The molecule has 1 aliphatic carbocycles. The van der Waals surface area contributed by atoms with Gasteiger partial charge in [0.05, 0.1) is 11.0 Å². The van der Waals surface area contributed by atoms with Crippen molar-refractivity contribution in [1.82, 2.24) is 0 Å². The van der Waals surface area contributed by atoms with E-state index in [4.69, 9.17) is 11.6 Å². The molecule has 1 atom stereocenters. The van der Waals surface area contributed by atoms with Crippen molar-refractivity contribution >= 4 is 38.9 Å². The SMILES string of the molecule is O=[N+]([O-])c1ccc(Cl)cc1NC1CCc2c(Br)cccc21. The summed E-state index contributed by atoms with van der Waals surface area (Å²) < 4.78 is 1.09. The second kappa shape index (κ2) is 5.66. The molecule has 0 heterocycles. The number of anilines is 1. The Morgan fingerprint density at radius 2 is 2.14 bits per heavy atom. The summed E-state index contributed by atoms with van der Waals surface area (Å²) in [6.07, 6.45) is 1.85. The lowest BCUT2D eigenvalue weighted by Gasteiger charge is -2.16. The summed E-state index contributed by atoms with van der Waals surface area (Å²) in [5.74, 6) is 0. The quantitative estimate of drug-likeness (QED) is 0.606. The molecule has 108 valence electrons. The Balaban J connectivity index is 1.95. The zero-order valence-electron chi connectivity index (χ0n) is 11.0. The van der Waals surface area contributed by atoms with Gasteiger partial charge in [0, 0.05) is 15.6 Å². The van der Waals surface area contributed by atoms with E-state index in [9.17, 15) is 10.1 Å². The number of rotatable bonds is 3. The van der Waals surface area contributed by atoms with Crippen molar-refractivity contribution in [3.05, 3.63) is 67.1 Å². The third-order valence-corrected chi connectivity index (χ3v) is 4.68. The first kappa shape index (κ1) is 14.4. The van der Waals surface area contributed by atoms with E-state index in [0.717, 1.165) is 17.3 Å². The van der Waals surface area contributed by atoms with Crippen molar-refractivity contribution in [2.24, 2.45) is 0 Å². The average Bonchev–Trinajstić information content (AvgIpc) is 2.83. The van der Waals surface area contributed by atoms with Crippen molar-refractivity contribution in [2.75, 3.05) is 5.32 Å². The minimum atomic E-state index is -0.393. The Kier molecular flexibility index (Phi) is 3.87. The lowest BCUT2D eigenvalue weighted by Crippen LogP contribution is -2.08. The van der Waals surface area contributed by atoms with Gasteiger partial charge in [-0.05, 0) is 42.2 Å². The van der Waals surface area contributed by atoms with E-state index in [1.165, 1.54) is 23.3 Å². The van der Waals surface area contributed by atoms with Crippen molar-refractivity contribution in [3.63, 3.8) is 0 Å². The van der Waals surface area contributed by atoms with E-state index in [0.29, 0.717) is 10.7 Å². The van der Waals surface area contributed by atoms with Gasteiger partial charge in [-0.3, -0.25) is 10.1 Å². The van der Waals surface area contributed by atoms with Crippen molar-refractivity contribution < 1.29 is 4.92 Å². The first-order valence-electron chi connectivity index (χ1n) is 6.54. The molecule has 4 nitrogen and oxygen atoms in total. The van der Waals surface area contributed by atoms with Gasteiger partial charge in [0.1, 0.15) is 5.69 Å². The van der Waals surface area contributed by atoms with Crippen molar-refractivity contribution in [3.8, 4) is 0 Å². The third-order valence-electron chi connectivity index (χ3n) is 3.70. The fraction of sp³-hybridized carbons (Fsp3) is 0.200. The van der Waals surface area contributed by atoms with Gasteiger partial charge in [-0.25, -0.2) is 0 Å². The summed E-state index contributed by atoms with van der Waals surface area (Å²) in [6, 6.07) is 10.7. The summed E-state index contributed by atoms with van der Waals surface area (Å²) in [6.45, 7) is 0. The Hall–Kier alpha value is -1.59. The number of hydrogen-bond donors (Lipinski definition) is 1. The number of fused-ring (bicyclic) bond motifs is 1. The maximum Gasteiger partial charge on any atom is 0.292 e. The van der Waals surface area contributed by atoms with Gasteiger partial charge in [0.15, 0.2) is 0 Å². The Morgan fingerprint density at radius 3 is 2.90 bits per heavy atom. The van der Waals surface area contributed by atoms with E-state index in [-0.39, 0.29) is 11.7 Å². The van der Waals surface area contributed by atoms with Crippen LogP contribution in [0.2, 0.25) is 5.02 Å². The molecule has 2 aromatic carbocycles. The summed E-state index contributed by atoms with van der Waals surface area (Å²) in [5.41, 5.74) is 2.95. The first-order valence-corrected chi connectivity index (χ1v) is 7.71. The lowest BCUT2D eigenvalue weighted by molar-refractivity contribution is -0.384. The molecular weight excluding hydrogens is 356 g/mol. The maximum absolute atomic E-state index is 11.1. The molecule has 0 radical (unpaired) electrons. The summed E-state index contributed by atoms with van der Waals surface area (Å²) in [5, 5.41) is 14.9. The Labute approximate surface area is 135 Å². The van der Waals surface area contributed by atoms with Crippen LogP contribution in [0.3, 0.4) is 0 Å². The van der Waals surface area contributed by atoms with E-state index in [1.54, 1.807) is 6.07 Å². The van der Waals surface area contributed by atoms with E-state index in [1.807, 2.05) is 12.1 Å². The molecule has 0 bridgehead atoms. The van der Waals surface area contributed by atoms with E-state index < -0.39 is 4.92 Å². The van der Waals surface area contributed by atoms with Gasteiger partial charge in [0.2, 0.25) is 0 Å². The van der Waals surface area contributed by atoms with Crippen molar-refractivity contribution in [2.45, 2.75) is 18.9 Å². The molecule has 2 aromatic rings. The number of nitro benzene ring substituents is 1. The van der Waals surface area contributed by atoms with Crippen LogP contribution in [0.25, 0.3) is 0 Å². The van der Waals surface area contributed by atoms with Gasteiger partial charge in [-0.1, -0.05) is 39.7 Å². The zero-order chi connectivity index (χ0) is 15.0. The Bertz CT molecular complexity index is 721. The second-order valence-corrected chi connectivity index (χ2v) is 6.25. The maximum atomic E-state index is 11.1. The molecule has 0 aliphatic heterocycles. The van der Waals surface area contributed by atoms with Gasteiger partial charge in [0.25, 0.3) is 5.69 Å². The van der Waals surface area contributed by atoms with Crippen molar-refractivity contribution in [1.29, 1.82) is 0 Å². The number of halogens is 2. The molecule has 0 saturated heterocycles. The number of nitrogens with one attached hydrogen (secondary N) is 1. The second-order valence-electron chi connectivity index (χ2n) is 4.96. The normalized spacial score (nSPS) is 16.6. The average molecular weight is 368 g/mol. The molecule has 3 rings (SSSR count). The molecule has 0 amide bonds. The van der Waals surface area contributed by atoms with Gasteiger partial charge in [-0.2, -0.15) is 0 Å². The molecule has 0 spiro atoms. The molecule has 1 unspecified atom stereocenters. The topological polar surface area (TPSA) is 55.2 Å². The minimum absolute atomic E-state index is 0.0443. The predicted molar refractivity (Wildman–Crippen MR) is 86.9 cm³/mol. The van der Waals surface area contributed by atoms with Crippen LogP contribution in [0.1, 0.15) is 23.6 Å². The van der Waals surface area contributed by atoms with Gasteiger partial charge in [-0.15, -0.1) is 0 Å². The molecule has 21 heavy (non-hydrogen) atoms. The molecular formula is C15H12BrClN2O2. The zero-order valence-corrected chi connectivity index (χ0v) is 13.3. The van der Waals surface area contributed by atoms with Crippen LogP contribution < -0.4 is 5.32 Å². The number of nitrogens with zero attached hydrogens (tertiary/aromatic N) is 1. The summed E-state index contributed by atoms with van der Waals surface area (Å²) >= 11 is 9.51. The van der Waals surface area contributed by atoms with Gasteiger partial charge >= 0.3 is 0 Å². The van der Waals surface area contributed by atoms with Crippen LogP contribution in [-0.2, 0) is 6.42 Å². The van der Waals surface area contributed by atoms with Crippen LogP contribution >= 0.6 is 27.5 Å². The molecule has 0 saturated carbocycles. The van der Waals surface area contributed by atoms with Gasteiger partial charge < -0.3 is 5.32 Å². The smallest absolute Gasteiger partial charge is 0.292 e. The Morgan fingerprint density at radius 1 is 1.33 bits per heavy atom. The van der Waals surface area contributed by atoms with Crippen LogP contribution in [-0.4, -0.2) is 4.92 Å². The number of hydrogen-bond acceptors (Lipinski definition) is 3. The largest absolute Gasteiger partial charge is 0.373 e. The van der Waals surface area contributed by atoms with Crippen LogP contribution in [0.4, 0.5) is 11.4 Å². The predicted octanol–water partition coefficient (Wildman–Crippen LogP) is 5.11. The van der Waals surface area contributed by atoms with Crippen LogP contribution in [0.15, 0.2) is 40.9 Å². The van der Waals surface area contributed by atoms with Crippen LogP contribution in [0, 0.1) is 10.1 Å². The first-order chi connectivity index (χ1) is 10.1. The summed E-state index contributed by atoms with van der Waals surface area (Å²) in [4.78, 5) is 10.7. The van der Waals surface area contributed by atoms with E-state index >= 15 is 0 Å². The minimum Gasteiger partial charge on any atom is -0.373 e. The third kappa shape index (κ3) is 2.76. The van der Waals surface area contributed by atoms with E-state index in [2.05, 4.69) is 27.3 Å². The fourth-order valence-corrected chi connectivity index (χ4v) is 3.48. The molecule has 6 heteroatoms. The number of nitro groups is 1. The highest BCUT2D eigenvalue weighted by Crippen LogP contribution is 2.39. The highest BCUT2D eigenvalue weighted by Gasteiger charge is 2.26. The molecule has 1 aliphatic rings.